The molecule has 0 spiro atoms. The molecular formula is C18H20ClF3N4O4. The summed E-state index contributed by atoms with van der Waals surface area (Å²) in [5.74, 6) is -2.42. The Bertz CT molecular complexity index is 936. The van der Waals surface area contributed by atoms with Crippen molar-refractivity contribution in [2.45, 2.75) is 12.3 Å². The van der Waals surface area contributed by atoms with Gasteiger partial charge in [-0.1, -0.05) is 11.6 Å². The molecule has 0 radical (unpaired) electrons. The predicted octanol–water partition coefficient (Wildman–Crippen LogP) is 2.02. The monoisotopic (exact) mass is 448 g/mol. The first-order chi connectivity index (χ1) is 14.0. The van der Waals surface area contributed by atoms with Gasteiger partial charge in [0.15, 0.2) is 0 Å². The number of halogens is 4. The van der Waals surface area contributed by atoms with Crippen LogP contribution in [0.4, 0.5) is 13.2 Å². The van der Waals surface area contributed by atoms with E-state index in [2.05, 4.69) is 16.9 Å². The number of amides is 1. The van der Waals surface area contributed by atoms with E-state index in [0.29, 0.717) is 23.2 Å². The summed E-state index contributed by atoms with van der Waals surface area (Å²) < 4.78 is 39.4. The number of rotatable bonds is 1. The average molecular weight is 449 g/mol. The molecule has 0 aliphatic carbocycles. The Morgan fingerprint density at radius 1 is 1.23 bits per heavy atom. The van der Waals surface area contributed by atoms with Crippen LogP contribution in [0.2, 0.25) is 5.02 Å². The van der Waals surface area contributed by atoms with Gasteiger partial charge in [0, 0.05) is 44.5 Å². The minimum Gasteiger partial charge on any atom is -0.475 e. The van der Waals surface area contributed by atoms with E-state index in [0.717, 1.165) is 31.9 Å². The number of aliphatic carboxylic acids is 1. The number of fused-ring (bicyclic) bond motifs is 2. The predicted molar refractivity (Wildman–Crippen MR) is 101 cm³/mol. The van der Waals surface area contributed by atoms with Gasteiger partial charge in [0.2, 0.25) is 0 Å². The number of alkyl halides is 3. The second-order valence-electron chi connectivity index (χ2n) is 7.18. The van der Waals surface area contributed by atoms with Crippen molar-refractivity contribution in [3.63, 3.8) is 0 Å². The van der Waals surface area contributed by atoms with E-state index in [9.17, 15) is 18.0 Å². The lowest BCUT2D eigenvalue weighted by Crippen LogP contribution is -2.32. The van der Waals surface area contributed by atoms with Crippen LogP contribution in [0, 0.1) is 5.92 Å². The van der Waals surface area contributed by atoms with Gasteiger partial charge in [0.25, 0.3) is 5.91 Å². The van der Waals surface area contributed by atoms with E-state index in [1.807, 2.05) is 11.0 Å². The summed E-state index contributed by atoms with van der Waals surface area (Å²) in [6, 6.07) is 3.58. The smallest absolute Gasteiger partial charge is 0.475 e. The van der Waals surface area contributed by atoms with Gasteiger partial charge in [-0.05, 0) is 19.2 Å². The number of carbonyl (C=O) groups excluding carboxylic acids is 1. The Hall–Kier alpha value is -2.37. The van der Waals surface area contributed by atoms with Gasteiger partial charge in [-0.3, -0.25) is 4.79 Å². The highest BCUT2D eigenvalue weighted by Crippen LogP contribution is 2.24. The zero-order valence-electron chi connectivity index (χ0n) is 16.0. The van der Waals surface area contributed by atoms with E-state index >= 15 is 0 Å². The summed E-state index contributed by atoms with van der Waals surface area (Å²) >= 11 is 5.98. The lowest BCUT2D eigenvalue weighted by Gasteiger charge is -2.18. The average Bonchev–Trinajstić information content (AvgIpc) is 3.20. The van der Waals surface area contributed by atoms with Gasteiger partial charge in [0.1, 0.15) is 11.3 Å². The fourth-order valence-electron chi connectivity index (χ4n) is 3.45. The Labute approximate surface area is 174 Å². The highest BCUT2D eigenvalue weighted by molar-refractivity contribution is 6.30. The number of ether oxygens (including phenoxy) is 1. The van der Waals surface area contributed by atoms with Crippen molar-refractivity contribution in [3.05, 3.63) is 35.2 Å². The van der Waals surface area contributed by atoms with Crippen LogP contribution >= 0.6 is 11.6 Å². The molecule has 0 unspecified atom stereocenters. The van der Waals surface area contributed by atoms with Crippen molar-refractivity contribution < 1.29 is 32.6 Å². The first-order valence-corrected chi connectivity index (χ1v) is 9.46. The van der Waals surface area contributed by atoms with Crippen LogP contribution in [-0.4, -0.2) is 88.3 Å². The Kier molecular flexibility index (Phi) is 6.53. The molecule has 4 rings (SSSR count). The summed E-state index contributed by atoms with van der Waals surface area (Å²) in [4.78, 5) is 30.2. The number of likely N-dealkylation sites (N-methyl/N-ethyl adjacent to an activating group) is 1. The third kappa shape index (κ3) is 5.21. The molecule has 164 valence electrons. The Morgan fingerprint density at radius 2 is 1.93 bits per heavy atom. The number of hydrogen-bond acceptors (Lipinski definition) is 5. The van der Waals surface area contributed by atoms with Crippen LogP contribution in [-0.2, 0) is 9.53 Å². The van der Waals surface area contributed by atoms with Crippen LogP contribution in [0.5, 0.6) is 0 Å². The molecule has 2 aliphatic rings. The molecule has 2 aromatic rings. The standard InChI is InChI=1S/C16H19ClN4O2.C2HF3O2/c1-19-4-5-23-14-10-21(7-11(14)6-19)16(22)13-9-20-8-12(17)2-3-15(20)18-13;3-2(4,5)1(6)7/h2-3,8-9,11,14H,4-7,10H2,1H3;(H,6,7)/t11-,14+;/m0./s1. The molecule has 4 heterocycles. The molecule has 12 heteroatoms. The summed E-state index contributed by atoms with van der Waals surface area (Å²) in [7, 11) is 2.10. The fraction of sp³-hybridized carbons (Fsp3) is 0.500. The number of hydrogen-bond donors (Lipinski definition) is 1. The van der Waals surface area contributed by atoms with Crippen LogP contribution in [0.1, 0.15) is 10.5 Å². The van der Waals surface area contributed by atoms with Crippen LogP contribution in [0.25, 0.3) is 5.65 Å². The minimum absolute atomic E-state index is 0.0378. The molecule has 1 amide bonds. The molecule has 0 saturated carbocycles. The van der Waals surface area contributed by atoms with Crippen molar-refractivity contribution in [3.8, 4) is 0 Å². The second-order valence-corrected chi connectivity index (χ2v) is 7.62. The van der Waals surface area contributed by atoms with Gasteiger partial charge in [-0.15, -0.1) is 0 Å². The summed E-state index contributed by atoms with van der Waals surface area (Å²) in [5.41, 5.74) is 1.18. The number of likely N-dealkylation sites (tertiary alicyclic amines) is 1. The first kappa shape index (κ1) is 22.3. The van der Waals surface area contributed by atoms with Crippen molar-refractivity contribution in [1.82, 2.24) is 19.2 Å². The van der Waals surface area contributed by atoms with Crippen molar-refractivity contribution in [2.24, 2.45) is 5.92 Å². The van der Waals surface area contributed by atoms with Crippen LogP contribution in [0.3, 0.4) is 0 Å². The zero-order chi connectivity index (χ0) is 22.1. The lowest BCUT2D eigenvalue weighted by molar-refractivity contribution is -0.192. The summed E-state index contributed by atoms with van der Waals surface area (Å²) in [6.07, 6.45) is -1.45. The Balaban J connectivity index is 0.000000318. The van der Waals surface area contributed by atoms with Crippen LogP contribution in [0.15, 0.2) is 24.5 Å². The summed E-state index contributed by atoms with van der Waals surface area (Å²) in [5, 5.41) is 7.74. The molecule has 2 atom stereocenters. The van der Waals surface area contributed by atoms with E-state index in [1.54, 1.807) is 22.9 Å². The fourth-order valence-corrected chi connectivity index (χ4v) is 3.62. The van der Waals surface area contributed by atoms with E-state index < -0.39 is 12.1 Å². The normalized spacial score (nSPS) is 22.2. The first-order valence-electron chi connectivity index (χ1n) is 9.08. The molecule has 2 aliphatic heterocycles. The van der Waals surface area contributed by atoms with Gasteiger partial charge in [-0.2, -0.15) is 13.2 Å². The molecule has 0 bridgehead atoms. The second kappa shape index (κ2) is 8.78. The van der Waals surface area contributed by atoms with E-state index in [4.69, 9.17) is 26.2 Å². The van der Waals surface area contributed by atoms with Gasteiger partial charge < -0.3 is 24.0 Å². The minimum atomic E-state index is -5.08. The zero-order valence-corrected chi connectivity index (χ0v) is 16.7. The lowest BCUT2D eigenvalue weighted by atomic mass is 10.1. The molecule has 2 fully saturated rings. The third-order valence-corrected chi connectivity index (χ3v) is 5.12. The highest BCUT2D eigenvalue weighted by atomic mass is 35.5. The molecule has 0 aromatic carbocycles. The van der Waals surface area contributed by atoms with E-state index in [-0.39, 0.29) is 12.0 Å². The quantitative estimate of drug-likeness (QED) is 0.718. The maximum Gasteiger partial charge on any atom is 0.490 e. The van der Waals surface area contributed by atoms with Gasteiger partial charge >= 0.3 is 12.1 Å². The number of carbonyl (C=O) groups is 2. The number of pyridine rings is 1. The topological polar surface area (TPSA) is 87.4 Å². The maximum atomic E-state index is 12.8. The third-order valence-electron chi connectivity index (χ3n) is 4.90. The molecule has 1 N–H and O–H groups in total. The molecule has 8 nitrogen and oxygen atoms in total. The van der Waals surface area contributed by atoms with Crippen LogP contribution < -0.4 is 0 Å². The van der Waals surface area contributed by atoms with Gasteiger partial charge in [0.05, 0.1) is 17.7 Å². The van der Waals surface area contributed by atoms with Crippen molar-refractivity contribution in [2.75, 3.05) is 39.8 Å². The van der Waals surface area contributed by atoms with Gasteiger partial charge in [-0.25, -0.2) is 9.78 Å². The molecule has 2 saturated heterocycles. The molecular weight excluding hydrogens is 429 g/mol. The number of imidazole rings is 1. The largest absolute Gasteiger partial charge is 0.490 e. The maximum absolute atomic E-state index is 12.8. The summed E-state index contributed by atoms with van der Waals surface area (Å²) in [6.45, 7) is 4.02. The number of carboxylic acid groups (broad SMARTS) is 1. The molecule has 2 aromatic heterocycles. The SMILES string of the molecule is CN1CCO[C@@H]2CN(C(=O)c3cn4cc(Cl)ccc4n3)C[C@@H]2C1.O=C(O)C(F)(F)F. The Morgan fingerprint density at radius 3 is 2.60 bits per heavy atom. The van der Waals surface area contributed by atoms with E-state index in [1.165, 1.54) is 0 Å². The van der Waals surface area contributed by atoms with Crippen molar-refractivity contribution in [1.29, 1.82) is 0 Å². The number of nitrogens with zero attached hydrogens (tertiary/aromatic N) is 4. The number of carboxylic acids is 1. The van der Waals surface area contributed by atoms with Crippen molar-refractivity contribution >= 4 is 29.1 Å². The molecule has 30 heavy (non-hydrogen) atoms. The number of aromatic nitrogens is 2. The highest BCUT2D eigenvalue weighted by Gasteiger charge is 2.39.